The number of anilines is 1. The quantitative estimate of drug-likeness (QED) is 0.542. The minimum Gasteiger partial charge on any atom is -0.495 e. The van der Waals surface area contributed by atoms with E-state index in [2.05, 4.69) is 22.5 Å². The first kappa shape index (κ1) is 18.9. The fraction of sp³-hybridized carbons (Fsp3) is 0.158. The Kier molecular flexibility index (Phi) is 5.25. The number of nitro groups is 1. The van der Waals surface area contributed by atoms with Gasteiger partial charge in [-0.15, -0.1) is 0 Å². The molecule has 3 rings (SSSR count). The topological polar surface area (TPSA) is 123 Å². The van der Waals surface area contributed by atoms with Gasteiger partial charge in [-0.1, -0.05) is 36.9 Å². The van der Waals surface area contributed by atoms with Crippen LogP contribution in [0.15, 0.2) is 60.8 Å². The molecule has 2 atom stereocenters. The van der Waals surface area contributed by atoms with E-state index in [0.29, 0.717) is 11.4 Å². The highest BCUT2D eigenvalue weighted by atomic mass is 16.6. The van der Waals surface area contributed by atoms with Crippen LogP contribution in [0, 0.1) is 16.0 Å². The molecule has 144 valence electrons. The van der Waals surface area contributed by atoms with Crippen molar-refractivity contribution in [3.05, 3.63) is 76.5 Å². The highest BCUT2D eigenvalue weighted by Gasteiger charge is 2.40. The predicted octanol–water partition coefficient (Wildman–Crippen LogP) is 2.73. The van der Waals surface area contributed by atoms with Crippen molar-refractivity contribution in [1.29, 1.82) is 0 Å². The molecule has 9 heteroatoms. The van der Waals surface area contributed by atoms with Gasteiger partial charge in [0.2, 0.25) is 5.91 Å². The number of para-hydroxylation sites is 3. The number of methoxy groups -OCH3 is 1. The fourth-order valence-electron chi connectivity index (χ4n) is 3.13. The number of nitro benzene ring substituents is 1. The molecule has 1 aliphatic rings. The molecule has 1 heterocycles. The Labute approximate surface area is 160 Å². The third-order valence-electron chi connectivity index (χ3n) is 4.39. The Morgan fingerprint density at radius 1 is 1.21 bits per heavy atom. The Hall–Kier alpha value is -3.88. The summed E-state index contributed by atoms with van der Waals surface area (Å²) in [6.45, 7) is 3.77. The van der Waals surface area contributed by atoms with Crippen molar-refractivity contribution in [2.75, 3.05) is 12.4 Å². The van der Waals surface area contributed by atoms with Crippen molar-refractivity contribution < 1.29 is 19.2 Å². The summed E-state index contributed by atoms with van der Waals surface area (Å²) in [6.07, 6.45) is 0. The van der Waals surface area contributed by atoms with Gasteiger partial charge in [-0.05, 0) is 12.1 Å². The zero-order valence-electron chi connectivity index (χ0n) is 15.0. The lowest BCUT2D eigenvalue weighted by molar-refractivity contribution is -0.385. The second-order valence-electron chi connectivity index (χ2n) is 6.08. The summed E-state index contributed by atoms with van der Waals surface area (Å²) in [5, 5.41) is 19.2. The molecule has 28 heavy (non-hydrogen) atoms. The number of nitrogens with one attached hydrogen (secondary N) is 3. The molecule has 0 aromatic heterocycles. The number of nitrogens with zero attached hydrogens (tertiary/aromatic N) is 1. The molecule has 9 nitrogen and oxygen atoms in total. The van der Waals surface area contributed by atoms with Crippen molar-refractivity contribution in [3.8, 4) is 5.75 Å². The molecular weight excluding hydrogens is 364 g/mol. The van der Waals surface area contributed by atoms with E-state index in [4.69, 9.17) is 4.74 Å². The number of ether oxygens (including phenoxy) is 1. The standard InChI is InChI=1S/C19H18N4O5/c1-11-16(18(24)21-13-8-4-6-10-15(13)28-2)17(22-19(25)20-11)12-7-3-5-9-14(12)23(26)27/h3-10,16-17H,1H2,2H3,(H,21,24)(H2,20,22,25)/t16-,17+/m1/s1. The SMILES string of the molecule is C=C1NC(=O)N[C@@H](c2ccccc2[N+](=O)[O-])[C@@H]1C(=O)Nc1ccccc1OC. The summed E-state index contributed by atoms with van der Waals surface area (Å²) >= 11 is 0. The third kappa shape index (κ3) is 3.63. The normalized spacial score (nSPS) is 18.6. The van der Waals surface area contributed by atoms with E-state index >= 15 is 0 Å². The van der Waals surface area contributed by atoms with E-state index in [0.717, 1.165) is 0 Å². The average molecular weight is 382 g/mol. The van der Waals surface area contributed by atoms with Crippen molar-refractivity contribution in [3.63, 3.8) is 0 Å². The van der Waals surface area contributed by atoms with Crippen LogP contribution in [0.1, 0.15) is 11.6 Å². The van der Waals surface area contributed by atoms with Crippen LogP contribution in [-0.4, -0.2) is 24.0 Å². The van der Waals surface area contributed by atoms with Gasteiger partial charge in [0.05, 0.1) is 29.3 Å². The van der Waals surface area contributed by atoms with E-state index in [-0.39, 0.29) is 16.9 Å². The molecule has 3 amide bonds. The van der Waals surface area contributed by atoms with Gasteiger partial charge in [0.25, 0.3) is 5.69 Å². The number of amides is 3. The molecule has 0 bridgehead atoms. The Balaban J connectivity index is 1.99. The van der Waals surface area contributed by atoms with Crippen molar-refractivity contribution in [2.45, 2.75) is 6.04 Å². The van der Waals surface area contributed by atoms with Gasteiger partial charge in [-0.3, -0.25) is 14.9 Å². The minimum atomic E-state index is -0.983. The summed E-state index contributed by atoms with van der Waals surface area (Å²) in [4.78, 5) is 35.9. The van der Waals surface area contributed by atoms with Crippen LogP contribution in [0.3, 0.4) is 0 Å². The fourth-order valence-corrected chi connectivity index (χ4v) is 3.13. The predicted molar refractivity (Wildman–Crippen MR) is 102 cm³/mol. The van der Waals surface area contributed by atoms with E-state index in [9.17, 15) is 19.7 Å². The monoisotopic (exact) mass is 382 g/mol. The third-order valence-corrected chi connectivity index (χ3v) is 4.39. The Morgan fingerprint density at radius 3 is 2.61 bits per heavy atom. The van der Waals surface area contributed by atoms with Crippen LogP contribution < -0.4 is 20.7 Å². The minimum absolute atomic E-state index is 0.138. The smallest absolute Gasteiger partial charge is 0.319 e. The summed E-state index contributed by atoms with van der Waals surface area (Å²) in [7, 11) is 1.47. The second kappa shape index (κ2) is 7.78. The first-order valence-electron chi connectivity index (χ1n) is 8.36. The first-order chi connectivity index (χ1) is 13.4. The Bertz CT molecular complexity index is 959. The molecule has 0 radical (unpaired) electrons. The summed E-state index contributed by atoms with van der Waals surface area (Å²) in [5.41, 5.74) is 0.585. The van der Waals surface area contributed by atoms with E-state index in [1.165, 1.54) is 25.3 Å². The van der Waals surface area contributed by atoms with Crippen LogP contribution in [0.25, 0.3) is 0 Å². The molecule has 1 saturated heterocycles. The Morgan fingerprint density at radius 2 is 1.89 bits per heavy atom. The zero-order chi connectivity index (χ0) is 20.3. The lowest BCUT2D eigenvalue weighted by atomic mass is 9.87. The molecule has 0 spiro atoms. The summed E-state index contributed by atoms with van der Waals surface area (Å²) in [6, 6.07) is 11.2. The van der Waals surface area contributed by atoms with Gasteiger partial charge in [-0.25, -0.2) is 4.79 Å². The molecule has 0 saturated carbocycles. The van der Waals surface area contributed by atoms with Gasteiger partial charge in [0, 0.05) is 11.8 Å². The van der Waals surface area contributed by atoms with Gasteiger partial charge < -0.3 is 20.7 Å². The van der Waals surface area contributed by atoms with Crippen LogP contribution in [-0.2, 0) is 4.79 Å². The molecule has 2 aromatic rings. The number of rotatable bonds is 5. The first-order valence-corrected chi connectivity index (χ1v) is 8.36. The highest BCUT2D eigenvalue weighted by Crippen LogP contribution is 2.35. The van der Waals surface area contributed by atoms with Crippen molar-refractivity contribution >= 4 is 23.3 Å². The second-order valence-corrected chi connectivity index (χ2v) is 6.08. The molecule has 2 aromatic carbocycles. The number of urea groups is 1. The number of carbonyl (C=O) groups excluding carboxylic acids is 2. The molecular formula is C19H18N4O5. The number of hydrogen-bond acceptors (Lipinski definition) is 5. The van der Waals surface area contributed by atoms with Crippen LogP contribution in [0.2, 0.25) is 0 Å². The lowest BCUT2D eigenvalue weighted by Gasteiger charge is -2.33. The molecule has 0 unspecified atom stereocenters. The van der Waals surface area contributed by atoms with E-state index < -0.39 is 28.8 Å². The van der Waals surface area contributed by atoms with Crippen molar-refractivity contribution in [1.82, 2.24) is 10.6 Å². The highest BCUT2D eigenvalue weighted by molar-refractivity contribution is 5.98. The van der Waals surface area contributed by atoms with Crippen LogP contribution >= 0.6 is 0 Å². The summed E-state index contributed by atoms with van der Waals surface area (Å²) in [5.74, 6) is -1.02. The molecule has 3 N–H and O–H groups in total. The van der Waals surface area contributed by atoms with Gasteiger partial charge >= 0.3 is 6.03 Å². The maximum absolute atomic E-state index is 13.0. The van der Waals surface area contributed by atoms with Gasteiger partial charge in [-0.2, -0.15) is 0 Å². The average Bonchev–Trinajstić information content (AvgIpc) is 2.67. The number of carbonyl (C=O) groups is 2. The molecule has 1 aliphatic heterocycles. The van der Waals surface area contributed by atoms with Crippen molar-refractivity contribution in [2.24, 2.45) is 5.92 Å². The molecule has 0 aliphatic carbocycles. The van der Waals surface area contributed by atoms with Crippen LogP contribution in [0.5, 0.6) is 5.75 Å². The summed E-state index contributed by atoms with van der Waals surface area (Å²) < 4.78 is 5.23. The number of hydrogen-bond donors (Lipinski definition) is 3. The van der Waals surface area contributed by atoms with E-state index in [1.54, 1.807) is 30.3 Å². The largest absolute Gasteiger partial charge is 0.495 e. The van der Waals surface area contributed by atoms with Gasteiger partial charge in [0.1, 0.15) is 11.7 Å². The number of benzene rings is 2. The maximum atomic E-state index is 13.0. The van der Waals surface area contributed by atoms with Gasteiger partial charge in [0.15, 0.2) is 0 Å². The van der Waals surface area contributed by atoms with E-state index in [1.807, 2.05) is 0 Å². The lowest BCUT2D eigenvalue weighted by Crippen LogP contribution is -2.52. The molecule has 1 fully saturated rings. The van der Waals surface area contributed by atoms with Crippen LogP contribution in [0.4, 0.5) is 16.2 Å². The zero-order valence-corrected chi connectivity index (χ0v) is 15.0. The maximum Gasteiger partial charge on any atom is 0.319 e.